The maximum atomic E-state index is 11.5. The lowest BCUT2D eigenvalue weighted by molar-refractivity contribution is -0.121. The minimum Gasteiger partial charge on any atom is -0.303 e. The van der Waals surface area contributed by atoms with Crippen molar-refractivity contribution in [1.29, 1.82) is 0 Å². The standard InChI is InChI=1S/C12H20O2/c1-2-3-4-5-11-10(8-9-13)6-7-12(11)14/h9-11H,2-8H2,1H3/t10-,11+/m1/s1. The minimum atomic E-state index is 0.201. The van der Waals surface area contributed by atoms with E-state index in [1.807, 2.05) is 0 Å². The smallest absolute Gasteiger partial charge is 0.136 e. The molecule has 1 aliphatic rings. The fraction of sp³-hybridized carbons (Fsp3) is 0.833. The molecule has 0 saturated heterocycles. The highest BCUT2D eigenvalue weighted by atomic mass is 16.1. The van der Waals surface area contributed by atoms with E-state index in [1.165, 1.54) is 12.8 Å². The molecular formula is C12H20O2. The van der Waals surface area contributed by atoms with Crippen molar-refractivity contribution in [3.63, 3.8) is 0 Å². The molecule has 2 nitrogen and oxygen atoms in total. The van der Waals surface area contributed by atoms with Crippen LogP contribution in [-0.2, 0) is 9.59 Å². The normalized spacial score (nSPS) is 26.8. The molecule has 0 radical (unpaired) electrons. The van der Waals surface area contributed by atoms with E-state index in [2.05, 4.69) is 6.92 Å². The molecule has 0 aromatic rings. The number of aldehydes is 1. The summed E-state index contributed by atoms with van der Waals surface area (Å²) in [5.41, 5.74) is 0. The second kappa shape index (κ2) is 5.94. The zero-order chi connectivity index (χ0) is 10.4. The lowest BCUT2D eigenvalue weighted by Crippen LogP contribution is -2.15. The van der Waals surface area contributed by atoms with Crippen LogP contribution in [0.4, 0.5) is 0 Å². The van der Waals surface area contributed by atoms with Crippen LogP contribution < -0.4 is 0 Å². The van der Waals surface area contributed by atoms with Crippen LogP contribution in [0.25, 0.3) is 0 Å². The molecule has 0 heterocycles. The van der Waals surface area contributed by atoms with E-state index in [-0.39, 0.29) is 5.92 Å². The zero-order valence-electron chi connectivity index (χ0n) is 9.00. The van der Waals surface area contributed by atoms with Gasteiger partial charge in [0.25, 0.3) is 0 Å². The summed E-state index contributed by atoms with van der Waals surface area (Å²) < 4.78 is 0. The number of rotatable bonds is 6. The van der Waals surface area contributed by atoms with E-state index < -0.39 is 0 Å². The minimum absolute atomic E-state index is 0.201. The molecule has 0 bridgehead atoms. The summed E-state index contributed by atoms with van der Waals surface area (Å²) in [6.07, 6.45) is 7.74. The Morgan fingerprint density at radius 1 is 1.43 bits per heavy atom. The highest BCUT2D eigenvalue weighted by molar-refractivity contribution is 5.83. The molecule has 80 valence electrons. The molecule has 0 N–H and O–H groups in total. The summed E-state index contributed by atoms with van der Waals surface area (Å²) in [5, 5.41) is 0. The first-order valence-corrected chi connectivity index (χ1v) is 5.76. The van der Waals surface area contributed by atoms with E-state index in [0.29, 0.717) is 24.5 Å². The lowest BCUT2D eigenvalue weighted by Gasteiger charge is -2.15. The molecule has 1 aliphatic carbocycles. The number of unbranched alkanes of at least 4 members (excludes halogenated alkanes) is 2. The Morgan fingerprint density at radius 3 is 2.86 bits per heavy atom. The van der Waals surface area contributed by atoms with Gasteiger partial charge in [-0.1, -0.05) is 26.2 Å². The Labute approximate surface area is 86.1 Å². The lowest BCUT2D eigenvalue weighted by atomic mass is 9.88. The Hall–Kier alpha value is -0.660. The van der Waals surface area contributed by atoms with E-state index in [0.717, 1.165) is 25.5 Å². The molecule has 0 aliphatic heterocycles. The molecule has 0 unspecified atom stereocenters. The fourth-order valence-electron chi connectivity index (χ4n) is 2.39. The Balaban J connectivity index is 2.36. The number of carbonyl (C=O) groups is 2. The van der Waals surface area contributed by atoms with Crippen molar-refractivity contribution in [2.24, 2.45) is 11.8 Å². The maximum absolute atomic E-state index is 11.5. The third-order valence-corrected chi connectivity index (χ3v) is 3.26. The predicted octanol–water partition coefficient (Wildman–Crippen LogP) is 2.75. The van der Waals surface area contributed by atoms with Crippen molar-refractivity contribution >= 4 is 12.1 Å². The second-order valence-electron chi connectivity index (χ2n) is 4.27. The van der Waals surface area contributed by atoms with Gasteiger partial charge in [0.1, 0.15) is 12.1 Å². The largest absolute Gasteiger partial charge is 0.303 e. The van der Waals surface area contributed by atoms with Gasteiger partial charge in [0.05, 0.1) is 0 Å². The monoisotopic (exact) mass is 196 g/mol. The Bertz CT molecular complexity index is 198. The first kappa shape index (κ1) is 11.4. The first-order valence-electron chi connectivity index (χ1n) is 5.76. The van der Waals surface area contributed by atoms with E-state index in [1.54, 1.807) is 0 Å². The Kier molecular flexibility index (Phi) is 4.85. The van der Waals surface area contributed by atoms with Crippen LogP contribution in [0.1, 0.15) is 51.9 Å². The zero-order valence-corrected chi connectivity index (χ0v) is 9.00. The summed E-state index contributed by atoms with van der Waals surface area (Å²) in [7, 11) is 0. The van der Waals surface area contributed by atoms with Crippen LogP contribution in [0.15, 0.2) is 0 Å². The van der Waals surface area contributed by atoms with Crippen molar-refractivity contribution in [3.8, 4) is 0 Å². The summed E-state index contributed by atoms with van der Waals surface area (Å²) >= 11 is 0. The number of hydrogen-bond donors (Lipinski definition) is 0. The van der Waals surface area contributed by atoms with Gasteiger partial charge in [-0.05, 0) is 18.8 Å². The van der Waals surface area contributed by atoms with Crippen LogP contribution >= 0.6 is 0 Å². The molecule has 1 saturated carbocycles. The van der Waals surface area contributed by atoms with Crippen LogP contribution in [-0.4, -0.2) is 12.1 Å². The molecule has 0 spiro atoms. The van der Waals surface area contributed by atoms with Crippen LogP contribution in [0.3, 0.4) is 0 Å². The van der Waals surface area contributed by atoms with Gasteiger partial charge in [0.15, 0.2) is 0 Å². The molecule has 0 aromatic heterocycles. The molecule has 1 rings (SSSR count). The van der Waals surface area contributed by atoms with E-state index in [9.17, 15) is 9.59 Å². The number of Topliss-reactive ketones (excluding diaryl/α,β-unsaturated/α-hetero) is 1. The third-order valence-electron chi connectivity index (χ3n) is 3.26. The molecule has 14 heavy (non-hydrogen) atoms. The average Bonchev–Trinajstić information content (AvgIpc) is 2.50. The molecule has 2 heteroatoms. The van der Waals surface area contributed by atoms with Gasteiger partial charge in [-0.25, -0.2) is 0 Å². The van der Waals surface area contributed by atoms with Gasteiger partial charge < -0.3 is 4.79 Å². The predicted molar refractivity (Wildman–Crippen MR) is 56.0 cm³/mol. The van der Waals surface area contributed by atoms with Crippen LogP contribution in [0, 0.1) is 11.8 Å². The molecule has 1 fully saturated rings. The van der Waals surface area contributed by atoms with E-state index >= 15 is 0 Å². The SMILES string of the molecule is CCCCC[C@@H]1C(=O)CC[C@@H]1CC=O. The molecular weight excluding hydrogens is 176 g/mol. The van der Waals surface area contributed by atoms with Crippen molar-refractivity contribution in [3.05, 3.63) is 0 Å². The molecule has 0 amide bonds. The third kappa shape index (κ3) is 2.93. The summed E-state index contributed by atoms with van der Waals surface area (Å²) in [6, 6.07) is 0. The maximum Gasteiger partial charge on any atom is 0.136 e. The van der Waals surface area contributed by atoms with Gasteiger partial charge >= 0.3 is 0 Å². The van der Waals surface area contributed by atoms with Gasteiger partial charge in [0.2, 0.25) is 0 Å². The quantitative estimate of drug-likeness (QED) is 0.483. The van der Waals surface area contributed by atoms with Crippen molar-refractivity contribution < 1.29 is 9.59 Å². The summed E-state index contributed by atoms with van der Waals surface area (Å²) in [5.74, 6) is 0.955. The average molecular weight is 196 g/mol. The summed E-state index contributed by atoms with van der Waals surface area (Å²) in [6.45, 7) is 2.17. The highest BCUT2D eigenvalue weighted by Crippen LogP contribution is 2.34. The van der Waals surface area contributed by atoms with E-state index in [4.69, 9.17) is 0 Å². The first-order chi connectivity index (χ1) is 6.79. The van der Waals surface area contributed by atoms with Gasteiger partial charge in [-0.3, -0.25) is 4.79 Å². The number of hydrogen-bond acceptors (Lipinski definition) is 2. The van der Waals surface area contributed by atoms with Crippen molar-refractivity contribution in [2.75, 3.05) is 0 Å². The van der Waals surface area contributed by atoms with Crippen LogP contribution in [0.2, 0.25) is 0 Å². The van der Waals surface area contributed by atoms with Gasteiger partial charge in [-0.2, -0.15) is 0 Å². The topological polar surface area (TPSA) is 34.1 Å². The van der Waals surface area contributed by atoms with Crippen molar-refractivity contribution in [2.45, 2.75) is 51.9 Å². The van der Waals surface area contributed by atoms with Crippen molar-refractivity contribution in [1.82, 2.24) is 0 Å². The fourth-order valence-corrected chi connectivity index (χ4v) is 2.39. The Morgan fingerprint density at radius 2 is 2.21 bits per heavy atom. The molecule has 0 aromatic carbocycles. The second-order valence-corrected chi connectivity index (χ2v) is 4.27. The van der Waals surface area contributed by atoms with Gasteiger partial charge in [-0.15, -0.1) is 0 Å². The van der Waals surface area contributed by atoms with Gasteiger partial charge in [0, 0.05) is 18.8 Å². The summed E-state index contributed by atoms with van der Waals surface area (Å²) in [4.78, 5) is 22.0. The van der Waals surface area contributed by atoms with Crippen LogP contribution in [0.5, 0.6) is 0 Å². The number of ketones is 1. The number of carbonyl (C=O) groups excluding carboxylic acids is 2. The molecule has 2 atom stereocenters. The highest BCUT2D eigenvalue weighted by Gasteiger charge is 2.33.